The van der Waals surface area contributed by atoms with Gasteiger partial charge in [-0.05, 0) is 5.56 Å². The summed E-state index contributed by atoms with van der Waals surface area (Å²) in [5, 5.41) is 0. The number of benzene rings is 1. The van der Waals surface area contributed by atoms with E-state index in [1.165, 1.54) is 0 Å². The van der Waals surface area contributed by atoms with E-state index < -0.39 is 10.3 Å². The second kappa shape index (κ2) is 5.30. The molecule has 0 atom stereocenters. The van der Waals surface area contributed by atoms with Crippen molar-refractivity contribution in [3.63, 3.8) is 0 Å². The van der Waals surface area contributed by atoms with Gasteiger partial charge in [0, 0.05) is 0 Å². The van der Waals surface area contributed by atoms with Gasteiger partial charge in [-0.2, -0.15) is 8.42 Å². The maximum Gasteiger partial charge on any atom is 0.219 e. The Morgan fingerprint density at radius 3 is 2.08 bits per heavy atom. The molecule has 0 amide bonds. The van der Waals surface area contributed by atoms with Gasteiger partial charge in [0.15, 0.2) is 0 Å². The summed E-state index contributed by atoms with van der Waals surface area (Å²) in [4.78, 5) is 0.446. The molecule has 1 aromatic rings. The van der Waals surface area contributed by atoms with Gasteiger partial charge in [0.2, 0.25) is 10.3 Å². The van der Waals surface area contributed by atoms with E-state index in [-0.39, 0.29) is 1.93 Å². The zero-order chi connectivity index (χ0) is 9.84. The molecule has 0 aromatic heterocycles. The molecular formula is C8H6I2O2S. The first kappa shape index (κ1) is 11.4. The highest BCUT2D eigenvalue weighted by molar-refractivity contribution is 14.2. The molecule has 13 heavy (non-hydrogen) atoms. The van der Waals surface area contributed by atoms with Crippen molar-refractivity contribution in [1.82, 2.24) is 0 Å². The van der Waals surface area contributed by atoms with E-state index in [9.17, 15) is 8.42 Å². The second-order valence-electron chi connectivity index (χ2n) is 2.27. The van der Waals surface area contributed by atoms with E-state index in [0.717, 1.165) is 5.56 Å². The lowest BCUT2D eigenvalue weighted by molar-refractivity contribution is 0.627. The van der Waals surface area contributed by atoms with Gasteiger partial charge in [-0.15, -0.1) is 0 Å². The van der Waals surface area contributed by atoms with Crippen molar-refractivity contribution in [2.75, 3.05) is 0 Å². The van der Waals surface area contributed by atoms with E-state index in [0.29, 0.717) is 4.86 Å². The van der Waals surface area contributed by atoms with Crippen LogP contribution in [0.15, 0.2) is 30.3 Å². The third-order valence-electron chi connectivity index (χ3n) is 1.44. The molecule has 0 N–H and O–H groups in total. The molecule has 0 aliphatic carbocycles. The lowest BCUT2D eigenvalue weighted by Crippen LogP contribution is -2.09. The Hall–Kier alpha value is 0.370. The fourth-order valence-electron chi connectivity index (χ4n) is 0.897. The predicted octanol–water partition coefficient (Wildman–Crippen LogP) is 2.28. The predicted molar refractivity (Wildman–Crippen MR) is 71.3 cm³/mol. The van der Waals surface area contributed by atoms with Crippen molar-refractivity contribution >= 4 is 60.3 Å². The Morgan fingerprint density at radius 2 is 1.69 bits per heavy atom. The number of rotatable bonds is 2. The van der Waals surface area contributed by atoms with Gasteiger partial charge in [0.1, 0.15) is 6.80 Å². The summed E-state index contributed by atoms with van der Waals surface area (Å²) in [6, 6.07) is 9.13. The fraction of sp³-hybridized carbons (Fsp3) is 0.125. The summed E-state index contributed by atoms with van der Waals surface area (Å²) >= 11 is 4.16. The van der Waals surface area contributed by atoms with Gasteiger partial charge in [0.25, 0.3) is 0 Å². The average Bonchev–Trinajstić information content (AvgIpc) is 2.04. The van der Waals surface area contributed by atoms with E-state index in [1.54, 1.807) is 12.1 Å². The van der Waals surface area contributed by atoms with Gasteiger partial charge in [-0.3, -0.25) is 0 Å². The maximum atomic E-state index is 10.9. The van der Waals surface area contributed by atoms with Crippen LogP contribution in [0.4, 0.5) is 0 Å². The van der Waals surface area contributed by atoms with Gasteiger partial charge < -0.3 is 0 Å². The highest BCUT2D eigenvalue weighted by atomic mass is 127. The van der Waals surface area contributed by atoms with Crippen molar-refractivity contribution in [3.8, 4) is 0 Å². The Balaban J connectivity index is 3.29. The number of hydrogen-bond acceptors (Lipinski definition) is 2. The molecule has 0 bridgehead atoms. The van der Waals surface area contributed by atoms with Crippen LogP contribution in [0.2, 0.25) is 0 Å². The Kier molecular flexibility index (Phi) is 4.67. The van der Waals surface area contributed by atoms with Crippen molar-refractivity contribution in [2.45, 2.75) is 1.93 Å². The van der Waals surface area contributed by atoms with Crippen molar-refractivity contribution in [2.24, 2.45) is 0 Å². The molecule has 5 heteroatoms. The first-order valence-electron chi connectivity index (χ1n) is 3.42. The van der Waals surface area contributed by atoms with Crippen molar-refractivity contribution in [1.29, 1.82) is 0 Å². The largest absolute Gasteiger partial charge is 0.219 e. The standard InChI is InChI=1S/C8H6I2O2S/c9-8(10)7(13(11)12)6-4-2-1-3-5-6/h1-5,8H. The van der Waals surface area contributed by atoms with Gasteiger partial charge in [0.05, 0.1) is 0 Å². The third-order valence-corrected chi connectivity index (χ3v) is 4.36. The van der Waals surface area contributed by atoms with Crippen LogP contribution in [-0.4, -0.2) is 15.2 Å². The molecule has 0 unspecified atom stereocenters. The highest BCUT2D eigenvalue weighted by Gasteiger charge is 2.11. The van der Waals surface area contributed by atoms with Gasteiger partial charge in [-0.25, -0.2) is 0 Å². The molecule has 0 saturated carbocycles. The summed E-state index contributed by atoms with van der Waals surface area (Å²) in [5.41, 5.74) is 0.768. The second-order valence-corrected chi connectivity index (χ2v) is 8.05. The highest BCUT2D eigenvalue weighted by Crippen LogP contribution is 2.16. The maximum absolute atomic E-state index is 10.9. The normalized spacial score (nSPS) is 10.1. The number of hydrogen-bond donors (Lipinski definition) is 0. The van der Waals surface area contributed by atoms with Crippen molar-refractivity contribution < 1.29 is 8.42 Å². The molecule has 0 aliphatic rings. The zero-order valence-corrected chi connectivity index (χ0v) is 11.6. The van der Waals surface area contributed by atoms with Crippen molar-refractivity contribution in [3.05, 3.63) is 35.9 Å². The summed E-state index contributed by atoms with van der Waals surface area (Å²) in [5.74, 6) is 0. The fourth-order valence-corrected chi connectivity index (χ4v) is 3.34. The van der Waals surface area contributed by atoms with Crippen LogP contribution in [0.5, 0.6) is 0 Å². The van der Waals surface area contributed by atoms with Crippen LogP contribution >= 0.6 is 45.2 Å². The average molecular weight is 420 g/mol. The minimum Gasteiger partial charge on any atom is -0.184 e. The Bertz CT molecular complexity index is 401. The van der Waals surface area contributed by atoms with Gasteiger partial charge in [-0.1, -0.05) is 75.5 Å². The van der Waals surface area contributed by atoms with Crippen LogP contribution in [0, 0.1) is 0 Å². The molecule has 70 valence electrons. The summed E-state index contributed by atoms with van der Waals surface area (Å²) in [6.45, 7) is 0. The molecule has 2 nitrogen and oxygen atoms in total. The van der Waals surface area contributed by atoms with E-state index in [1.807, 2.05) is 18.2 Å². The number of alkyl halides is 2. The first-order chi connectivity index (χ1) is 6.13. The minimum atomic E-state index is -2.13. The molecular weight excluding hydrogens is 414 g/mol. The molecule has 0 radical (unpaired) electrons. The molecule has 0 fully saturated rings. The lowest BCUT2D eigenvalue weighted by atomic mass is 10.2. The van der Waals surface area contributed by atoms with E-state index in [4.69, 9.17) is 0 Å². The van der Waals surface area contributed by atoms with Crippen LogP contribution in [-0.2, 0) is 10.3 Å². The van der Waals surface area contributed by atoms with Crippen LogP contribution < -0.4 is 0 Å². The molecule has 0 heterocycles. The Labute approximate surface area is 106 Å². The first-order valence-corrected chi connectivity index (χ1v) is 6.99. The summed E-state index contributed by atoms with van der Waals surface area (Å²) in [7, 11) is -2.13. The lowest BCUT2D eigenvalue weighted by Gasteiger charge is -2.02. The molecule has 0 spiro atoms. The quantitative estimate of drug-likeness (QED) is 0.319. The van der Waals surface area contributed by atoms with Crippen LogP contribution in [0.25, 0.3) is 0 Å². The van der Waals surface area contributed by atoms with Crippen LogP contribution in [0.3, 0.4) is 0 Å². The van der Waals surface area contributed by atoms with E-state index in [2.05, 4.69) is 45.2 Å². The van der Waals surface area contributed by atoms with E-state index >= 15 is 0 Å². The summed E-state index contributed by atoms with van der Waals surface area (Å²) in [6.07, 6.45) is 0. The van der Waals surface area contributed by atoms with Crippen LogP contribution in [0.1, 0.15) is 5.56 Å². The zero-order valence-electron chi connectivity index (χ0n) is 6.44. The Morgan fingerprint density at radius 1 is 1.15 bits per heavy atom. The third kappa shape index (κ3) is 3.21. The number of halogens is 2. The molecule has 0 aliphatic heterocycles. The molecule has 1 rings (SSSR count). The molecule has 0 saturated heterocycles. The SMILES string of the molecule is O=S(=O)=C(c1ccccc1)C(I)I. The topological polar surface area (TPSA) is 34.1 Å². The molecule has 1 aromatic carbocycles. The van der Waals surface area contributed by atoms with Gasteiger partial charge >= 0.3 is 0 Å². The summed E-state index contributed by atoms with van der Waals surface area (Å²) < 4.78 is 21.8. The smallest absolute Gasteiger partial charge is 0.184 e. The minimum absolute atomic E-state index is 0.0315. The monoisotopic (exact) mass is 420 g/mol.